The van der Waals surface area contributed by atoms with Gasteiger partial charge < -0.3 is 15.3 Å². The second kappa shape index (κ2) is 20.7. The van der Waals surface area contributed by atoms with Crippen molar-refractivity contribution in [3.8, 4) is 0 Å². The Morgan fingerprint density at radius 3 is 1.00 bits per heavy atom. The summed E-state index contributed by atoms with van der Waals surface area (Å²) in [6.45, 7) is 10.3. The molecule has 0 heterocycles. The van der Waals surface area contributed by atoms with E-state index in [9.17, 15) is 0 Å². The molecule has 0 radical (unpaired) electrons. The number of rotatable bonds is 1. The van der Waals surface area contributed by atoms with Crippen molar-refractivity contribution in [3.05, 3.63) is 24.3 Å². The topological polar surface area (TPSA) is 60.7 Å². The van der Waals surface area contributed by atoms with Crippen molar-refractivity contribution in [2.75, 3.05) is 0 Å². The zero-order valence-electron chi connectivity index (χ0n) is 15.0. The predicted octanol–water partition coefficient (Wildman–Crippen LogP) is 2.26. The van der Waals surface area contributed by atoms with Crippen molar-refractivity contribution in [1.82, 2.24) is 0 Å². The zero-order valence-corrected chi connectivity index (χ0v) is 19.8. The van der Waals surface area contributed by atoms with Crippen LogP contribution in [0.5, 0.6) is 0 Å². The Bertz CT molecular complexity index is 238. The molecule has 0 fully saturated rings. The first-order valence-electron chi connectivity index (χ1n) is 7.26. The molecule has 1 aromatic rings. The minimum atomic E-state index is -0.888. The van der Waals surface area contributed by atoms with Gasteiger partial charge in [0.2, 0.25) is 0 Å². The van der Waals surface area contributed by atoms with Crippen molar-refractivity contribution in [1.29, 1.82) is 0 Å². The second-order valence-electron chi connectivity index (χ2n) is 5.65. The SMILES string of the molecule is CC(C)O.CC(C)O.CC(C)O.[CH3][GeH]([CH3])[c-]1cccc1.[Zr]. The van der Waals surface area contributed by atoms with Gasteiger partial charge >= 0.3 is 54.5 Å². The molecule has 5 heteroatoms. The molecule has 0 unspecified atom stereocenters. The average Bonchev–Trinajstić information content (AvgIpc) is 2.66. The molecule has 126 valence electrons. The van der Waals surface area contributed by atoms with Gasteiger partial charge in [-0.25, -0.2) is 0 Å². The summed E-state index contributed by atoms with van der Waals surface area (Å²) in [6, 6.07) is 8.73. The quantitative estimate of drug-likeness (QED) is 0.465. The van der Waals surface area contributed by atoms with Crippen molar-refractivity contribution in [2.24, 2.45) is 0 Å². The van der Waals surface area contributed by atoms with Gasteiger partial charge in [-0.05, 0) is 41.5 Å². The molecule has 3 N–H and O–H groups in total. The molecule has 0 saturated heterocycles. The van der Waals surface area contributed by atoms with E-state index in [2.05, 4.69) is 35.8 Å². The smallest absolute Gasteiger partial charge is 0 e. The number of aliphatic hydroxyl groups is 3. The van der Waals surface area contributed by atoms with Gasteiger partial charge in [0.1, 0.15) is 0 Å². The monoisotopic (exact) mass is 439 g/mol. The molecule has 0 spiro atoms. The van der Waals surface area contributed by atoms with E-state index in [4.69, 9.17) is 15.3 Å². The van der Waals surface area contributed by atoms with Crippen LogP contribution in [0, 0.1) is 0 Å². The summed E-state index contributed by atoms with van der Waals surface area (Å²) < 4.78 is 1.62. The fraction of sp³-hybridized carbons (Fsp3) is 0.688. The van der Waals surface area contributed by atoms with Gasteiger partial charge in [-0.2, -0.15) is 0 Å². The molecule has 0 amide bonds. The minimum Gasteiger partial charge on any atom is 0 e. The predicted molar refractivity (Wildman–Crippen MR) is 92.6 cm³/mol. The molecule has 0 bridgehead atoms. The van der Waals surface area contributed by atoms with Crippen molar-refractivity contribution >= 4 is 18.7 Å². The van der Waals surface area contributed by atoms with Crippen LogP contribution in [0.1, 0.15) is 41.5 Å². The van der Waals surface area contributed by atoms with E-state index in [-0.39, 0.29) is 44.5 Å². The van der Waals surface area contributed by atoms with E-state index in [1.54, 1.807) is 45.9 Å². The molecule has 3 nitrogen and oxygen atoms in total. The Balaban J connectivity index is -0.0000000973. The normalized spacial score (nSPS) is 9.10. The van der Waals surface area contributed by atoms with Crippen molar-refractivity contribution in [3.63, 3.8) is 0 Å². The Morgan fingerprint density at radius 1 is 0.714 bits per heavy atom. The molecule has 21 heavy (non-hydrogen) atoms. The fourth-order valence-corrected chi connectivity index (χ4v) is 2.86. The number of hydrogen-bond donors (Lipinski definition) is 3. The molecular formula is C16H35GeO3Zr-. The first-order valence-corrected chi connectivity index (χ1v) is 13.3. The fourth-order valence-electron chi connectivity index (χ4n) is 0.774. The molecule has 0 saturated carbocycles. The summed E-state index contributed by atoms with van der Waals surface area (Å²) in [4.78, 5) is 0. The van der Waals surface area contributed by atoms with Gasteiger partial charge in [0.05, 0.1) is 0 Å². The van der Waals surface area contributed by atoms with E-state index in [0.29, 0.717) is 0 Å². The van der Waals surface area contributed by atoms with Crippen molar-refractivity contribution in [2.45, 2.75) is 71.4 Å². The summed E-state index contributed by atoms with van der Waals surface area (Å²) >= 11 is -0.888. The molecule has 0 aliphatic carbocycles. The van der Waals surface area contributed by atoms with Crippen LogP contribution in [0.4, 0.5) is 0 Å². The molecule has 1 rings (SSSR count). The van der Waals surface area contributed by atoms with Gasteiger partial charge in [-0.3, -0.25) is 0 Å². The molecule has 0 aromatic heterocycles. The first kappa shape index (κ1) is 29.6. The maximum atomic E-state index is 8.06. The van der Waals surface area contributed by atoms with E-state index < -0.39 is 14.3 Å². The maximum Gasteiger partial charge on any atom is 0 e. The summed E-state index contributed by atoms with van der Waals surface area (Å²) in [5, 5.41) is 24.2. The summed E-state index contributed by atoms with van der Waals surface area (Å²) in [6.07, 6.45) is -0.500. The van der Waals surface area contributed by atoms with Crippen LogP contribution in [0.3, 0.4) is 0 Å². The van der Waals surface area contributed by atoms with E-state index in [0.717, 1.165) is 0 Å². The standard InChI is InChI=1S/C7H11Ge.3C3H8O.Zr/c1-8(2)7-5-3-4-6-7;3*1-3(2)4;/h3-6,8H,1-2H3;3*3-4H,1-2H3;/q-1;;;;. The van der Waals surface area contributed by atoms with Gasteiger partial charge in [0.25, 0.3) is 0 Å². The van der Waals surface area contributed by atoms with Crippen LogP contribution in [0.2, 0.25) is 11.5 Å². The molecular weight excluding hydrogens is 404 g/mol. The van der Waals surface area contributed by atoms with Crippen LogP contribution in [0.25, 0.3) is 0 Å². The first-order chi connectivity index (χ1) is 9.00. The van der Waals surface area contributed by atoms with E-state index in [1.165, 1.54) is 0 Å². The largest absolute Gasteiger partial charge is 0 e. The third-order valence-corrected chi connectivity index (χ3v) is 4.96. The molecule has 1 aromatic carbocycles. The average molecular weight is 439 g/mol. The molecule has 0 aliphatic rings. The summed E-state index contributed by atoms with van der Waals surface area (Å²) in [5.74, 6) is 4.78. The molecule has 0 atom stereocenters. The van der Waals surface area contributed by atoms with Crippen LogP contribution in [-0.4, -0.2) is 48.0 Å². The number of aliphatic hydroxyl groups excluding tert-OH is 3. The third-order valence-electron chi connectivity index (χ3n) is 1.36. The Hall–Kier alpha value is 0.656. The minimum absolute atomic E-state index is 0. The van der Waals surface area contributed by atoms with E-state index in [1.807, 2.05) is 0 Å². The summed E-state index contributed by atoms with van der Waals surface area (Å²) in [7, 11) is 0. The third kappa shape index (κ3) is 52.9. The Labute approximate surface area is 155 Å². The van der Waals surface area contributed by atoms with E-state index >= 15 is 0 Å². The second-order valence-corrected chi connectivity index (χ2v) is 11.9. The maximum absolute atomic E-state index is 8.06. The zero-order chi connectivity index (χ0) is 16.7. The number of hydrogen-bond acceptors (Lipinski definition) is 3. The Morgan fingerprint density at radius 2 is 0.905 bits per heavy atom. The van der Waals surface area contributed by atoms with Crippen LogP contribution in [-0.2, 0) is 26.2 Å². The van der Waals surface area contributed by atoms with Gasteiger partial charge in [-0.1, -0.05) is 0 Å². The summed E-state index contributed by atoms with van der Waals surface area (Å²) in [5.41, 5.74) is 0. The van der Waals surface area contributed by atoms with Crippen LogP contribution < -0.4 is 4.40 Å². The molecule has 0 aliphatic heterocycles. The van der Waals surface area contributed by atoms with Gasteiger partial charge in [0, 0.05) is 44.5 Å². The van der Waals surface area contributed by atoms with Gasteiger partial charge in [0.15, 0.2) is 0 Å². The van der Waals surface area contributed by atoms with Gasteiger partial charge in [-0.15, -0.1) is 0 Å². The Kier molecular flexibility index (Phi) is 29.2. The van der Waals surface area contributed by atoms with Crippen molar-refractivity contribution < 1.29 is 41.5 Å². The van der Waals surface area contributed by atoms with Crippen LogP contribution >= 0.6 is 0 Å². The van der Waals surface area contributed by atoms with Crippen LogP contribution in [0.15, 0.2) is 24.3 Å².